The SMILES string of the molecule is N[C@H]1CC(=O)OP(N)(=O)OC1=O. The van der Waals surface area contributed by atoms with E-state index in [9.17, 15) is 14.2 Å². The van der Waals surface area contributed by atoms with Crippen molar-refractivity contribution in [2.24, 2.45) is 11.2 Å². The molecule has 1 aliphatic rings. The van der Waals surface area contributed by atoms with Crippen LogP contribution in [-0.2, 0) is 23.2 Å². The summed E-state index contributed by atoms with van der Waals surface area (Å²) in [5, 5.41) is 0. The van der Waals surface area contributed by atoms with Crippen LogP contribution in [0.2, 0.25) is 0 Å². The molecule has 68 valence electrons. The van der Waals surface area contributed by atoms with E-state index in [0.717, 1.165) is 0 Å². The first-order valence-electron chi connectivity index (χ1n) is 3.01. The van der Waals surface area contributed by atoms with Crippen LogP contribution in [0.25, 0.3) is 0 Å². The smallest absolute Gasteiger partial charge is 0.371 e. The molecule has 0 spiro atoms. The van der Waals surface area contributed by atoms with Crippen LogP contribution in [0, 0.1) is 0 Å². The number of carbonyl (C=O) groups is 2. The van der Waals surface area contributed by atoms with Gasteiger partial charge < -0.3 is 14.8 Å². The third-order valence-corrected chi connectivity index (χ3v) is 2.03. The molecule has 0 saturated carbocycles. The summed E-state index contributed by atoms with van der Waals surface area (Å²) in [6.07, 6.45) is -0.375. The highest BCUT2D eigenvalue weighted by Crippen LogP contribution is 2.41. The van der Waals surface area contributed by atoms with Crippen LogP contribution < -0.4 is 11.2 Å². The molecule has 7 nitrogen and oxygen atoms in total. The summed E-state index contributed by atoms with van der Waals surface area (Å²) >= 11 is 0. The fourth-order valence-electron chi connectivity index (χ4n) is 0.654. The number of rotatable bonds is 0. The summed E-state index contributed by atoms with van der Waals surface area (Å²) in [6.45, 7) is 0. The first-order valence-corrected chi connectivity index (χ1v) is 4.62. The van der Waals surface area contributed by atoms with E-state index in [1.54, 1.807) is 0 Å². The number of hydrogen-bond donors (Lipinski definition) is 2. The lowest BCUT2D eigenvalue weighted by Crippen LogP contribution is -2.31. The van der Waals surface area contributed by atoms with Gasteiger partial charge in [0.2, 0.25) is 0 Å². The van der Waals surface area contributed by atoms with E-state index >= 15 is 0 Å². The van der Waals surface area contributed by atoms with E-state index in [-0.39, 0.29) is 6.42 Å². The number of carbonyl (C=O) groups excluding carboxylic acids is 2. The molecule has 0 amide bonds. The Balaban J connectivity index is 2.87. The highest BCUT2D eigenvalue weighted by Gasteiger charge is 2.36. The van der Waals surface area contributed by atoms with Crippen LogP contribution >= 0.6 is 7.75 Å². The average Bonchev–Trinajstić information content (AvgIpc) is 1.89. The highest BCUT2D eigenvalue weighted by atomic mass is 31.2. The zero-order chi connectivity index (χ0) is 9.35. The molecule has 8 heteroatoms. The molecule has 1 rings (SSSR count). The van der Waals surface area contributed by atoms with Gasteiger partial charge in [-0.15, -0.1) is 0 Å². The van der Waals surface area contributed by atoms with Crippen LogP contribution in [-0.4, -0.2) is 18.0 Å². The molecule has 0 bridgehead atoms. The molecule has 4 N–H and O–H groups in total. The van der Waals surface area contributed by atoms with E-state index < -0.39 is 25.7 Å². The van der Waals surface area contributed by atoms with Gasteiger partial charge in [-0.2, -0.15) is 0 Å². The van der Waals surface area contributed by atoms with Crippen molar-refractivity contribution in [3.63, 3.8) is 0 Å². The monoisotopic (exact) mass is 194 g/mol. The number of hydrogen-bond acceptors (Lipinski definition) is 6. The Kier molecular flexibility index (Phi) is 2.18. The maximum atomic E-state index is 10.9. The zero-order valence-corrected chi connectivity index (χ0v) is 6.82. The molecule has 0 aromatic rings. The van der Waals surface area contributed by atoms with Gasteiger partial charge in [-0.25, -0.2) is 14.9 Å². The Morgan fingerprint density at radius 2 is 2.00 bits per heavy atom. The van der Waals surface area contributed by atoms with Crippen LogP contribution in [0.1, 0.15) is 6.42 Å². The first-order chi connectivity index (χ1) is 5.41. The molecule has 1 unspecified atom stereocenters. The van der Waals surface area contributed by atoms with E-state index in [4.69, 9.17) is 11.2 Å². The Hall–Kier alpha value is -0.910. The Bertz CT molecular complexity index is 277. The highest BCUT2D eigenvalue weighted by molar-refractivity contribution is 7.52. The summed E-state index contributed by atoms with van der Waals surface area (Å²) in [5.74, 6) is -1.90. The minimum atomic E-state index is -4.06. The minimum absolute atomic E-state index is 0.375. The maximum Gasteiger partial charge on any atom is 0.514 e. The molecule has 1 aliphatic heterocycles. The number of nitrogens with two attached hydrogens (primary N) is 2. The Morgan fingerprint density at radius 3 is 2.58 bits per heavy atom. The predicted octanol–water partition coefficient (Wildman–Crippen LogP) is -1.13. The summed E-state index contributed by atoms with van der Waals surface area (Å²) in [4.78, 5) is 21.4. The van der Waals surface area contributed by atoms with Gasteiger partial charge in [0.05, 0.1) is 6.42 Å². The molecule has 0 aromatic heterocycles. The van der Waals surface area contributed by atoms with Gasteiger partial charge in [0, 0.05) is 0 Å². The van der Waals surface area contributed by atoms with Crippen molar-refractivity contribution in [3.8, 4) is 0 Å². The summed E-state index contributed by atoms with van der Waals surface area (Å²) in [5.41, 5.74) is 9.97. The van der Waals surface area contributed by atoms with Crippen molar-refractivity contribution >= 4 is 19.7 Å². The molecule has 1 fully saturated rings. The lowest BCUT2D eigenvalue weighted by atomic mass is 10.2. The summed E-state index contributed by atoms with van der Waals surface area (Å²) in [7, 11) is -4.06. The van der Waals surface area contributed by atoms with Crippen LogP contribution in [0.15, 0.2) is 0 Å². The van der Waals surface area contributed by atoms with Gasteiger partial charge in [0.25, 0.3) is 0 Å². The van der Waals surface area contributed by atoms with E-state index in [1.807, 2.05) is 0 Å². The minimum Gasteiger partial charge on any atom is -0.371 e. The molecule has 1 heterocycles. The Morgan fingerprint density at radius 1 is 1.42 bits per heavy atom. The second kappa shape index (κ2) is 2.85. The van der Waals surface area contributed by atoms with Gasteiger partial charge in [0.1, 0.15) is 6.04 Å². The van der Waals surface area contributed by atoms with Crippen LogP contribution in [0.4, 0.5) is 0 Å². The molecular weight excluding hydrogens is 187 g/mol. The lowest BCUT2D eigenvalue weighted by molar-refractivity contribution is -0.137. The quantitative estimate of drug-likeness (QED) is 0.467. The van der Waals surface area contributed by atoms with Crippen molar-refractivity contribution in [2.45, 2.75) is 12.5 Å². The average molecular weight is 194 g/mol. The summed E-state index contributed by atoms with van der Waals surface area (Å²) in [6, 6.07) is -1.16. The van der Waals surface area contributed by atoms with Gasteiger partial charge in [-0.05, 0) is 0 Å². The molecule has 2 atom stereocenters. The summed E-state index contributed by atoms with van der Waals surface area (Å²) < 4.78 is 19.1. The van der Waals surface area contributed by atoms with Crippen LogP contribution in [0.5, 0.6) is 0 Å². The molecule has 0 aliphatic carbocycles. The molecule has 1 saturated heterocycles. The fraction of sp³-hybridized carbons (Fsp3) is 0.500. The third kappa shape index (κ3) is 2.04. The standard InChI is InChI=1S/C4H7N2O5P/c5-2-1-3(7)10-12(6,9)11-4(2)8/h2H,1,5H2,(H2,6,9)/t2-,12?/m0/s1. The van der Waals surface area contributed by atoms with E-state index in [2.05, 4.69) is 9.05 Å². The second-order valence-corrected chi connectivity index (χ2v) is 3.67. The van der Waals surface area contributed by atoms with E-state index in [0.29, 0.717) is 0 Å². The van der Waals surface area contributed by atoms with Crippen molar-refractivity contribution in [2.75, 3.05) is 0 Å². The lowest BCUT2D eigenvalue weighted by Gasteiger charge is -2.07. The third-order valence-electron chi connectivity index (χ3n) is 1.14. The zero-order valence-electron chi connectivity index (χ0n) is 5.93. The molecule has 0 radical (unpaired) electrons. The first kappa shape index (κ1) is 9.18. The van der Waals surface area contributed by atoms with Gasteiger partial charge in [0.15, 0.2) is 0 Å². The van der Waals surface area contributed by atoms with Gasteiger partial charge in [-0.1, -0.05) is 0 Å². The fourth-order valence-corrected chi connectivity index (χ4v) is 1.44. The normalized spacial score (nSPS) is 36.7. The van der Waals surface area contributed by atoms with Crippen molar-refractivity contribution in [1.29, 1.82) is 0 Å². The van der Waals surface area contributed by atoms with Crippen molar-refractivity contribution in [3.05, 3.63) is 0 Å². The van der Waals surface area contributed by atoms with Crippen molar-refractivity contribution < 1.29 is 23.2 Å². The topological polar surface area (TPSA) is 122 Å². The predicted molar refractivity (Wildman–Crippen MR) is 36.6 cm³/mol. The maximum absolute atomic E-state index is 10.9. The molecular formula is C4H7N2O5P. The second-order valence-electron chi connectivity index (χ2n) is 2.22. The largest absolute Gasteiger partial charge is 0.514 e. The van der Waals surface area contributed by atoms with Crippen LogP contribution in [0.3, 0.4) is 0 Å². The van der Waals surface area contributed by atoms with Crippen molar-refractivity contribution in [1.82, 2.24) is 0 Å². The van der Waals surface area contributed by atoms with Gasteiger partial charge >= 0.3 is 19.7 Å². The van der Waals surface area contributed by atoms with Gasteiger partial charge in [-0.3, -0.25) is 4.79 Å². The molecule has 0 aromatic carbocycles. The van der Waals surface area contributed by atoms with E-state index in [1.165, 1.54) is 0 Å². The Labute approximate surface area is 67.6 Å². The molecule has 12 heavy (non-hydrogen) atoms.